The maximum Gasteiger partial charge on any atom is 1.00 e. The van der Waals surface area contributed by atoms with Crippen LogP contribution in [-0.4, -0.2) is 0 Å². The first-order chi connectivity index (χ1) is 44.5. The Bertz CT molecular complexity index is 3940. The van der Waals surface area contributed by atoms with Crippen LogP contribution in [0.3, 0.4) is 0 Å². The molecule has 3 heterocycles. The van der Waals surface area contributed by atoms with Crippen LogP contribution in [0, 0.1) is 0 Å². The smallest absolute Gasteiger partial charge is 0.736 e. The molecule has 0 aliphatic carbocycles. The normalized spacial score (nSPS) is 17.4. The van der Waals surface area contributed by atoms with Crippen molar-refractivity contribution < 1.29 is 123 Å². The third-order valence-electron chi connectivity index (χ3n) is 19.2. The van der Waals surface area contributed by atoms with E-state index in [9.17, 15) is 28.4 Å². The summed E-state index contributed by atoms with van der Waals surface area (Å²) in [6.45, 7) is 70.1. The Morgan fingerprint density at radius 3 is 0.755 bits per heavy atom. The maximum atomic E-state index is 13.4. The molecule has 0 N–H and O–H groups in total. The Morgan fingerprint density at radius 1 is 0.314 bits per heavy atom. The number of benzene rings is 6. The summed E-state index contributed by atoms with van der Waals surface area (Å²) in [5.41, 5.74) is 16.0. The molecule has 3 aliphatic heterocycles. The third kappa shape index (κ3) is 21.6. The molecule has 0 saturated carbocycles. The van der Waals surface area contributed by atoms with Gasteiger partial charge < -0.3 is 41.8 Å². The Labute approximate surface area is 662 Å². The molecule has 3 aliphatic rings. The van der Waals surface area contributed by atoms with Gasteiger partial charge in [-0.15, -0.1) is 0 Å². The summed E-state index contributed by atoms with van der Waals surface area (Å²) in [6.07, 6.45) is 1.11. The molecule has 0 unspecified atom stereocenters. The number of phosphoric ester groups is 3. The van der Waals surface area contributed by atoms with E-state index < -0.39 is 23.5 Å². The number of fused-ring (bicyclic) bond motifs is 6. The Balaban J connectivity index is 0.000000320. The second kappa shape index (κ2) is 31.8. The number of phosphoric acid groups is 3. The topological polar surface area (TPSA) is 176 Å². The number of hydrogen-bond donors (Lipinski definition) is 0. The fourth-order valence-corrected chi connectivity index (χ4v) is 15.5. The van der Waals surface area contributed by atoms with E-state index in [-0.39, 0.29) is 128 Å². The van der Waals surface area contributed by atoms with Crippen molar-refractivity contribution in [3.8, 4) is 34.5 Å². The third-order valence-corrected chi connectivity index (χ3v) is 21.6. The van der Waals surface area contributed by atoms with Gasteiger partial charge in [-0.1, -0.05) is 301 Å². The molecule has 12 nitrogen and oxygen atoms in total. The van der Waals surface area contributed by atoms with Crippen LogP contribution in [-0.2, 0) is 69.9 Å². The standard InChI is InChI=1S/C30H45O4P.C29H43O4P.C25H35O4P.2Li.Na/c1-18-21-14-19(27(2,3)4)16-23(29(8,9)10)25(21)33-35(31,32)34-26-22(18)15-20(28(5,6)7)17-24(26)30(11,12)13;1-26(2,3)20-14-18-13-19-15-21(27(4,5)6)17-23(29(10,11)12)25(19)33-34(30,31)32-24(18)22(16-20)28(7,8)9;1-14(2)18-9-20-11-21-10-19(15(3)4)13-23(17(7)8)25(21)29-30(26,27)28-24(20)22(12-18)16(5)6;;;/h14-18H,1-13H3,(H,31,32);14-17H,13H2,1-12H3,(H,30,31);9-10,12-17H,11H2,1-8H3,(H,26,27);;;/q;;;3*+1/p-3. The molecule has 102 heavy (non-hydrogen) atoms. The van der Waals surface area contributed by atoms with Crippen LogP contribution in [0.2, 0.25) is 0 Å². The van der Waals surface area contributed by atoms with Crippen molar-refractivity contribution in [3.05, 3.63) is 173 Å². The van der Waals surface area contributed by atoms with E-state index in [1.165, 1.54) is 11.1 Å². The van der Waals surface area contributed by atoms with E-state index in [1.807, 2.05) is 0 Å². The molecule has 0 spiro atoms. The molecular weight excluding hydrogens is 1330 g/mol. The van der Waals surface area contributed by atoms with Crippen molar-refractivity contribution in [2.45, 2.75) is 314 Å². The summed E-state index contributed by atoms with van der Waals surface area (Å²) in [7, 11) is -14.0. The van der Waals surface area contributed by atoms with Crippen LogP contribution in [0.5, 0.6) is 34.5 Å². The molecule has 0 amide bonds. The van der Waals surface area contributed by atoms with Gasteiger partial charge in [0.1, 0.15) is 34.5 Å². The SMILES string of the molecule is CC(C)(C)c1cc2c(c(C(C)(C)C)c1)OP(=O)([O-])Oc1c(cc(C(C)(C)C)cc1C(C)(C)C)C2.CC(C)c1cc2c(c(C(C)C)c1)OP(=O)([O-])Oc1c(cc(C(C)C)cc1C(C)C)C2.CC1c2cc(C(C)(C)C)cc(C(C)(C)C)c2OP(=O)([O-])Oc2c1cc(C(C)(C)C)cc2C(C)(C)C.[Li+].[Li+].[Na+]. The predicted octanol–water partition coefficient (Wildman–Crippen LogP) is 14.0. The summed E-state index contributed by atoms with van der Waals surface area (Å²) in [5.74, 6) is 3.27. The van der Waals surface area contributed by atoms with Gasteiger partial charge in [0.2, 0.25) is 0 Å². The van der Waals surface area contributed by atoms with Gasteiger partial charge in [0.15, 0.2) is 0 Å². The Hall–Kier alpha value is -3.12. The minimum atomic E-state index is -4.70. The second-order valence-electron chi connectivity index (χ2n) is 37.7. The van der Waals surface area contributed by atoms with E-state index in [4.69, 9.17) is 27.1 Å². The van der Waals surface area contributed by atoms with E-state index in [2.05, 4.69) is 301 Å². The number of rotatable bonds is 4. The van der Waals surface area contributed by atoms with Gasteiger partial charge in [-0.2, -0.15) is 0 Å². The molecule has 18 heteroatoms. The fourth-order valence-electron chi connectivity index (χ4n) is 12.8. The van der Waals surface area contributed by atoms with Gasteiger partial charge in [-0.05, 0) is 134 Å². The molecule has 546 valence electrons. The van der Waals surface area contributed by atoms with Gasteiger partial charge in [0.05, 0.1) is 0 Å². The van der Waals surface area contributed by atoms with E-state index in [0.717, 1.165) is 89.0 Å². The van der Waals surface area contributed by atoms with Gasteiger partial charge in [0, 0.05) is 52.1 Å². The second-order valence-corrected chi connectivity index (χ2v) is 41.5. The van der Waals surface area contributed by atoms with Crippen molar-refractivity contribution in [3.63, 3.8) is 0 Å². The monoisotopic (exact) mass is 1450 g/mol. The molecule has 6 aromatic rings. The molecule has 0 bridgehead atoms. The van der Waals surface area contributed by atoms with Crippen molar-refractivity contribution in [1.82, 2.24) is 0 Å². The van der Waals surface area contributed by atoms with Crippen molar-refractivity contribution in [2.24, 2.45) is 0 Å². The number of hydrogen-bond acceptors (Lipinski definition) is 12. The summed E-state index contributed by atoms with van der Waals surface area (Å²) in [6, 6.07) is 25.2. The quantitative estimate of drug-likeness (QED) is 0.121. The molecule has 0 aromatic heterocycles. The molecule has 9 rings (SSSR count). The van der Waals surface area contributed by atoms with Crippen LogP contribution < -0.4 is 109 Å². The van der Waals surface area contributed by atoms with Crippen molar-refractivity contribution in [1.29, 1.82) is 0 Å². The van der Waals surface area contributed by atoms with Gasteiger partial charge in [-0.3, -0.25) is 0 Å². The zero-order valence-corrected chi connectivity index (χ0v) is 74.2. The average Bonchev–Trinajstić information content (AvgIpc) is 0.747. The summed E-state index contributed by atoms with van der Waals surface area (Å²) in [5, 5.41) is 0. The zero-order valence-electron chi connectivity index (χ0n) is 69.5. The minimum absolute atomic E-state index is 0. The van der Waals surface area contributed by atoms with Crippen molar-refractivity contribution in [2.75, 3.05) is 0 Å². The van der Waals surface area contributed by atoms with E-state index in [1.54, 1.807) is 0 Å². The fraction of sp³-hybridized carbons (Fsp3) is 0.571. The first-order valence-electron chi connectivity index (χ1n) is 35.7. The molecule has 0 atom stereocenters. The van der Waals surface area contributed by atoms with Gasteiger partial charge in [0.25, 0.3) is 0 Å². The Morgan fingerprint density at radius 2 is 0.529 bits per heavy atom. The first-order valence-corrected chi connectivity index (χ1v) is 40.1. The van der Waals surface area contributed by atoms with E-state index >= 15 is 0 Å². The van der Waals surface area contributed by atoms with Crippen LogP contribution in [0.15, 0.2) is 72.8 Å². The minimum Gasteiger partial charge on any atom is -0.736 e. The van der Waals surface area contributed by atoms with Crippen LogP contribution in [0.1, 0.15) is 358 Å². The summed E-state index contributed by atoms with van der Waals surface area (Å²) in [4.78, 5) is 39.5. The molecular formula is C84H120Li2NaO12P3. The van der Waals surface area contributed by atoms with Gasteiger partial charge >= 0.3 is 90.7 Å². The van der Waals surface area contributed by atoms with Crippen LogP contribution >= 0.6 is 23.5 Å². The average molecular weight is 1450 g/mol. The molecule has 6 aromatic carbocycles. The van der Waals surface area contributed by atoms with Crippen molar-refractivity contribution >= 4 is 23.5 Å². The molecule has 0 fully saturated rings. The van der Waals surface area contributed by atoms with Gasteiger partial charge in [-0.25, -0.2) is 13.7 Å². The largest absolute Gasteiger partial charge is 1.00 e. The summed E-state index contributed by atoms with van der Waals surface area (Å²) < 4.78 is 73.9. The van der Waals surface area contributed by atoms with Crippen LogP contribution in [0.4, 0.5) is 0 Å². The zero-order chi connectivity index (χ0) is 75.4. The Kier molecular flexibility index (Phi) is 28.5. The molecule has 0 radical (unpaired) electrons. The first kappa shape index (κ1) is 91.3. The summed E-state index contributed by atoms with van der Waals surface area (Å²) >= 11 is 0. The van der Waals surface area contributed by atoms with E-state index in [0.29, 0.717) is 59.2 Å². The maximum absolute atomic E-state index is 13.4. The predicted molar refractivity (Wildman–Crippen MR) is 404 cm³/mol. The molecule has 0 saturated heterocycles. The van der Waals surface area contributed by atoms with Crippen LogP contribution in [0.25, 0.3) is 0 Å².